The summed E-state index contributed by atoms with van der Waals surface area (Å²) in [5.74, 6) is 0.719. The summed E-state index contributed by atoms with van der Waals surface area (Å²) in [6.45, 7) is 5.88. The van der Waals surface area contributed by atoms with Crippen LogP contribution in [0.1, 0.15) is 37.0 Å². The third-order valence-corrected chi connectivity index (χ3v) is 6.74. The third kappa shape index (κ3) is 6.17. The Bertz CT molecular complexity index is 947. The highest BCUT2D eigenvalue weighted by Crippen LogP contribution is 2.40. The average Bonchev–Trinajstić information content (AvgIpc) is 3.44. The van der Waals surface area contributed by atoms with E-state index in [9.17, 15) is 14.0 Å². The van der Waals surface area contributed by atoms with Gasteiger partial charge in [0.15, 0.2) is 5.82 Å². The second-order valence-corrected chi connectivity index (χ2v) is 9.19. The highest BCUT2D eigenvalue weighted by atomic mass is 19.1. The minimum absolute atomic E-state index is 0.0102. The maximum absolute atomic E-state index is 13.4. The smallest absolute Gasteiger partial charge is 0.239 e. The number of halogens is 1. The van der Waals surface area contributed by atoms with Gasteiger partial charge in [-0.2, -0.15) is 0 Å². The van der Waals surface area contributed by atoms with Crippen LogP contribution in [-0.4, -0.2) is 72.6 Å². The summed E-state index contributed by atoms with van der Waals surface area (Å²) in [4.78, 5) is 29.0. The summed E-state index contributed by atoms with van der Waals surface area (Å²) in [6.07, 6.45) is 4.26. The van der Waals surface area contributed by atoms with Crippen molar-refractivity contribution in [2.24, 2.45) is 0 Å². The van der Waals surface area contributed by atoms with Crippen molar-refractivity contribution in [3.63, 3.8) is 0 Å². The predicted octanol–water partition coefficient (Wildman–Crippen LogP) is 2.31. The maximum Gasteiger partial charge on any atom is 0.239 e. The maximum atomic E-state index is 13.4. The number of piperazine rings is 1. The number of carbonyl (C=O) groups is 2. The van der Waals surface area contributed by atoms with Crippen molar-refractivity contribution in [2.45, 2.75) is 38.0 Å². The summed E-state index contributed by atoms with van der Waals surface area (Å²) in [5, 5.41) is 9.64. The van der Waals surface area contributed by atoms with Crippen molar-refractivity contribution in [3.05, 3.63) is 47.5 Å². The number of hydrogen-bond donors (Lipinski definition) is 2. The van der Waals surface area contributed by atoms with E-state index in [-0.39, 0.29) is 29.6 Å². The van der Waals surface area contributed by atoms with Gasteiger partial charge in [0, 0.05) is 44.2 Å². The monoisotopic (exact) mass is 457 g/mol. The van der Waals surface area contributed by atoms with Crippen molar-refractivity contribution in [1.82, 2.24) is 20.3 Å². The van der Waals surface area contributed by atoms with Gasteiger partial charge in [-0.25, -0.2) is 4.39 Å². The van der Waals surface area contributed by atoms with Crippen LogP contribution in [0.15, 0.2) is 34.9 Å². The Morgan fingerprint density at radius 3 is 2.21 bits per heavy atom. The van der Waals surface area contributed by atoms with Crippen molar-refractivity contribution >= 4 is 17.6 Å². The van der Waals surface area contributed by atoms with E-state index in [2.05, 4.69) is 25.6 Å². The molecule has 1 saturated heterocycles. The lowest BCUT2D eigenvalue weighted by atomic mass is 9.79. The molecule has 1 saturated carbocycles. The summed E-state index contributed by atoms with van der Waals surface area (Å²) >= 11 is 0. The normalized spacial score (nSPS) is 18.8. The zero-order chi connectivity index (χ0) is 23.3. The Morgan fingerprint density at radius 2 is 1.64 bits per heavy atom. The molecule has 4 rings (SSSR count). The number of nitrogens with zero attached hydrogens (tertiary/aromatic N) is 3. The van der Waals surface area contributed by atoms with E-state index in [1.807, 2.05) is 12.1 Å². The first-order valence-corrected chi connectivity index (χ1v) is 11.6. The lowest BCUT2D eigenvalue weighted by Gasteiger charge is -2.34. The van der Waals surface area contributed by atoms with Crippen molar-refractivity contribution < 1.29 is 18.5 Å². The molecule has 1 aromatic carbocycles. The summed E-state index contributed by atoms with van der Waals surface area (Å²) < 4.78 is 18.3. The molecule has 2 heterocycles. The zero-order valence-corrected chi connectivity index (χ0v) is 19.1. The largest absolute Gasteiger partial charge is 0.360 e. The van der Waals surface area contributed by atoms with E-state index in [1.54, 1.807) is 13.0 Å². The molecule has 8 nitrogen and oxygen atoms in total. The molecule has 0 spiro atoms. The van der Waals surface area contributed by atoms with Gasteiger partial charge in [-0.05, 0) is 37.5 Å². The number of rotatable bonds is 8. The number of anilines is 1. The van der Waals surface area contributed by atoms with E-state index < -0.39 is 0 Å². The van der Waals surface area contributed by atoms with Crippen molar-refractivity contribution in [2.75, 3.05) is 51.1 Å². The van der Waals surface area contributed by atoms with Gasteiger partial charge in [-0.1, -0.05) is 30.1 Å². The standard InChI is InChI=1S/C24H32FN5O3/c1-18-14-21(28-33-18)27-23(32)16-30-12-10-29(11-13-30)15-22(31)26-17-24(8-2-3-9-24)19-4-6-20(25)7-5-19/h4-7,14H,2-3,8-13,15-17H2,1H3,(H,26,31)(H,27,28,32). The Balaban J connectivity index is 1.20. The molecule has 2 aromatic rings. The van der Waals surface area contributed by atoms with E-state index in [0.717, 1.165) is 57.4 Å². The number of aromatic nitrogens is 1. The number of amides is 2. The number of benzene rings is 1. The number of aryl methyl sites for hydroxylation is 1. The summed E-state index contributed by atoms with van der Waals surface area (Å²) in [6, 6.07) is 8.39. The van der Waals surface area contributed by atoms with E-state index in [1.165, 1.54) is 12.1 Å². The minimum atomic E-state index is -0.235. The molecule has 9 heteroatoms. The lowest BCUT2D eigenvalue weighted by Crippen LogP contribution is -2.51. The van der Waals surface area contributed by atoms with Gasteiger partial charge in [0.1, 0.15) is 11.6 Å². The molecule has 2 N–H and O–H groups in total. The first-order chi connectivity index (χ1) is 15.9. The first kappa shape index (κ1) is 23.4. The van der Waals surface area contributed by atoms with Gasteiger partial charge in [0.2, 0.25) is 11.8 Å². The molecule has 0 bridgehead atoms. The van der Waals surface area contributed by atoms with E-state index in [0.29, 0.717) is 24.7 Å². The molecule has 2 amide bonds. The minimum Gasteiger partial charge on any atom is -0.360 e. The second-order valence-electron chi connectivity index (χ2n) is 9.19. The zero-order valence-electron chi connectivity index (χ0n) is 19.1. The molecule has 1 aliphatic heterocycles. The summed E-state index contributed by atoms with van der Waals surface area (Å²) in [7, 11) is 0. The van der Waals surface area contributed by atoms with Crippen LogP contribution in [0.2, 0.25) is 0 Å². The van der Waals surface area contributed by atoms with Gasteiger partial charge >= 0.3 is 0 Å². The lowest BCUT2D eigenvalue weighted by molar-refractivity contribution is -0.123. The third-order valence-electron chi connectivity index (χ3n) is 6.74. The van der Waals surface area contributed by atoms with Gasteiger partial charge in [0.25, 0.3) is 0 Å². The molecule has 2 aliphatic rings. The number of carbonyl (C=O) groups excluding carboxylic acids is 2. The molecular formula is C24H32FN5O3. The summed E-state index contributed by atoms with van der Waals surface area (Å²) in [5.41, 5.74) is 1.01. The van der Waals surface area contributed by atoms with Crippen LogP contribution in [-0.2, 0) is 15.0 Å². The highest BCUT2D eigenvalue weighted by Gasteiger charge is 2.36. The van der Waals surface area contributed by atoms with E-state index >= 15 is 0 Å². The Labute approximate surface area is 193 Å². The van der Waals surface area contributed by atoms with Crippen LogP contribution in [0, 0.1) is 12.7 Å². The van der Waals surface area contributed by atoms with Crippen molar-refractivity contribution in [1.29, 1.82) is 0 Å². The van der Waals surface area contributed by atoms with Crippen LogP contribution >= 0.6 is 0 Å². The van der Waals surface area contributed by atoms with Gasteiger partial charge < -0.3 is 15.2 Å². The molecule has 0 atom stereocenters. The molecular weight excluding hydrogens is 425 g/mol. The average molecular weight is 458 g/mol. The molecule has 178 valence electrons. The van der Waals surface area contributed by atoms with Gasteiger partial charge in [-0.15, -0.1) is 0 Å². The Hall–Kier alpha value is -2.78. The SMILES string of the molecule is Cc1cc(NC(=O)CN2CCN(CC(=O)NCC3(c4ccc(F)cc4)CCCC3)CC2)no1. The highest BCUT2D eigenvalue weighted by molar-refractivity contribution is 5.91. The molecule has 0 radical (unpaired) electrons. The topological polar surface area (TPSA) is 90.7 Å². The fraction of sp³-hybridized carbons (Fsp3) is 0.542. The Kier molecular flexibility index (Phi) is 7.39. The van der Waals surface area contributed by atoms with Gasteiger partial charge in [0.05, 0.1) is 13.1 Å². The molecule has 0 unspecified atom stereocenters. The second kappa shape index (κ2) is 10.4. The molecule has 33 heavy (non-hydrogen) atoms. The quantitative estimate of drug-likeness (QED) is 0.632. The molecule has 1 aromatic heterocycles. The van der Waals surface area contributed by atoms with Crippen LogP contribution in [0.25, 0.3) is 0 Å². The molecule has 2 fully saturated rings. The number of nitrogens with one attached hydrogen (secondary N) is 2. The number of hydrogen-bond acceptors (Lipinski definition) is 6. The first-order valence-electron chi connectivity index (χ1n) is 11.6. The Morgan fingerprint density at radius 1 is 1.03 bits per heavy atom. The molecule has 1 aliphatic carbocycles. The van der Waals surface area contributed by atoms with Crippen LogP contribution < -0.4 is 10.6 Å². The van der Waals surface area contributed by atoms with Crippen LogP contribution in [0.4, 0.5) is 10.2 Å². The van der Waals surface area contributed by atoms with Crippen molar-refractivity contribution in [3.8, 4) is 0 Å². The van der Waals surface area contributed by atoms with Gasteiger partial charge in [-0.3, -0.25) is 19.4 Å². The fourth-order valence-corrected chi connectivity index (χ4v) is 4.87. The fourth-order valence-electron chi connectivity index (χ4n) is 4.87. The van der Waals surface area contributed by atoms with Crippen LogP contribution in [0.3, 0.4) is 0 Å². The predicted molar refractivity (Wildman–Crippen MR) is 122 cm³/mol. The van der Waals surface area contributed by atoms with E-state index in [4.69, 9.17) is 4.52 Å². The van der Waals surface area contributed by atoms with Crippen LogP contribution in [0.5, 0.6) is 0 Å².